The lowest BCUT2D eigenvalue weighted by molar-refractivity contribution is 0.0983. The van der Waals surface area contributed by atoms with Crippen LogP contribution in [0.25, 0.3) is 5.78 Å². The number of aryl methyl sites for hydroxylation is 1. The molecule has 4 rings (SSSR count). The zero-order valence-corrected chi connectivity index (χ0v) is 15.9. The lowest BCUT2D eigenvalue weighted by Crippen LogP contribution is -2.31. The molecule has 0 saturated heterocycles. The molecule has 4 aromatic rings. The summed E-state index contributed by atoms with van der Waals surface area (Å²) >= 11 is 0. The maximum Gasteiger partial charge on any atom is 0.277 e. The number of anilines is 1. The summed E-state index contributed by atoms with van der Waals surface area (Å²) in [5.74, 6) is -0.313. The first-order valence-electron chi connectivity index (χ1n) is 9.01. The number of aromatic amines is 1. The van der Waals surface area contributed by atoms with Gasteiger partial charge >= 0.3 is 0 Å². The largest absolute Gasteiger partial charge is 0.277 e. The van der Waals surface area contributed by atoms with Crippen molar-refractivity contribution in [2.75, 3.05) is 4.90 Å². The Morgan fingerprint density at radius 1 is 1.07 bits per heavy atom. The van der Waals surface area contributed by atoms with Crippen molar-refractivity contribution in [2.24, 2.45) is 0 Å². The number of carbonyl (C=O) groups excluding carboxylic acids is 1. The zero-order chi connectivity index (χ0) is 20.5. The molecule has 0 radical (unpaired) electrons. The molecule has 146 valence electrons. The second-order valence-corrected chi connectivity index (χ2v) is 6.69. The van der Waals surface area contributed by atoms with E-state index in [4.69, 9.17) is 0 Å². The fourth-order valence-corrected chi connectivity index (χ4v) is 2.97. The molecular weight excluding hydrogens is 373 g/mol. The summed E-state index contributed by atoms with van der Waals surface area (Å²) in [6, 6.07) is 14.6. The van der Waals surface area contributed by atoms with Gasteiger partial charge in [0.2, 0.25) is 5.95 Å². The van der Waals surface area contributed by atoms with Crippen molar-refractivity contribution in [3.63, 3.8) is 0 Å². The van der Waals surface area contributed by atoms with Crippen LogP contribution in [0.1, 0.15) is 27.2 Å². The minimum absolute atomic E-state index is 0.139. The number of benzene rings is 2. The highest BCUT2D eigenvalue weighted by atomic mass is 19.1. The predicted molar refractivity (Wildman–Crippen MR) is 106 cm³/mol. The van der Waals surface area contributed by atoms with E-state index in [0.29, 0.717) is 22.4 Å². The molecule has 8 heteroatoms. The highest BCUT2D eigenvalue weighted by molar-refractivity contribution is 6.05. The number of amides is 1. The SMILES string of the molecule is Cc1nc2nc(N(Cc3ccc(F)cc3)C(=O)c3ccccc3)[nH]n2c(=O)c1C. The number of rotatable bonds is 4. The maximum atomic E-state index is 13.3. The van der Waals surface area contributed by atoms with Gasteiger partial charge in [0.1, 0.15) is 5.82 Å². The van der Waals surface area contributed by atoms with Gasteiger partial charge < -0.3 is 0 Å². The number of nitrogens with one attached hydrogen (secondary N) is 1. The van der Waals surface area contributed by atoms with E-state index < -0.39 is 0 Å². The molecule has 0 bridgehead atoms. The molecule has 0 aliphatic rings. The van der Waals surface area contributed by atoms with Crippen LogP contribution in [0.3, 0.4) is 0 Å². The van der Waals surface area contributed by atoms with Crippen LogP contribution in [0.2, 0.25) is 0 Å². The quantitative estimate of drug-likeness (QED) is 0.580. The lowest BCUT2D eigenvalue weighted by Gasteiger charge is -2.20. The molecule has 1 amide bonds. The molecule has 0 aliphatic carbocycles. The van der Waals surface area contributed by atoms with E-state index in [0.717, 1.165) is 0 Å². The summed E-state index contributed by atoms with van der Waals surface area (Å²) in [6.45, 7) is 3.56. The number of fused-ring (bicyclic) bond motifs is 1. The van der Waals surface area contributed by atoms with Crippen molar-refractivity contribution in [1.82, 2.24) is 19.6 Å². The molecule has 7 nitrogen and oxygen atoms in total. The number of carbonyl (C=O) groups is 1. The van der Waals surface area contributed by atoms with Gasteiger partial charge in [-0.15, -0.1) is 0 Å². The first-order chi connectivity index (χ1) is 13.9. The Kier molecular flexibility index (Phi) is 4.67. The Balaban J connectivity index is 1.82. The Morgan fingerprint density at radius 2 is 1.76 bits per heavy atom. The van der Waals surface area contributed by atoms with E-state index in [2.05, 4.69) is 15.1 Å². The maximum absolute atomic E-state index is 13.3. The van der Waals surface area contributed by atoms with Crippen molar-refractivity contribution < 1.29 is 9.18 Å². The first-order valence-corrected chi connectivity index (χ1v) is 9.01. The second kappa shape index (κ2) is 7.31. The van der Waals surface area contributed by atoms with E-state index in [1.807, 2.05) is 6.07 Å². The van der Waals surface area contributed by atoms with Crippen LogP contribution in [-0.2, 0) is 6.54 Å². The standard InChI is InChI=1S/C21H18FN5O2/c1-13-14(2)23-20-24-21(25-27(20)18(13)28)26(12-15-8-10-17(22)11-9-15)19(29)16-6-4-3-5-7-16/h3-11H,12H2,1-2H3,(H,23,24,25). The smallest absolute Gasteiger partial charge is 0.272 e. The Labute approximate surface area is 165 Å². The van der Waals surface area contributed by atoms with Gasteiger partial charge in [0.05, 0.1) is 6.54 Å². The normalized spacial score (nSPS) is 11.0. The Bertz CT molecular complexity index is 1250. The van der Waals surface area contributed by atoms with Gasteiger partial charge in [-0.3, -0.25) is 19.6 Å². The predicted octanol–water partition coefficient (Wildman–Crippen LogP) is 3.02. The van der Waals surface area contributed by atoms with Crippen LogP contribution in [-0.4, -0.2) is 25.5 Å². The number of H-pyrrole nitrogens is 1. The number of nitrogens with zero attached hydrogens (tertiary/aromatic N) is 4. The van der Waals surface area contributed by atoms with Crippen molar-refractivity contribution in [2.45, 2.75) is 20.4 Å². The van der Waals surface area contributed by atoms with E-state index in [1.165, 1.54) is 21.5 Å². The van der Waals surface area contributed by atoms with Gasteiger partial charge in [-0.2, -0.15) is 9.50 Å². The van der Waals surface area contributed by atoms with Crippen LogP contribution >= 0.6 is 0 Å². The zero-order valence-electron chi connectivity index (χ0n) is 15.9. The summed E-state index contributed by atoms with van der Waals surface area (Å²) < 4.78 is 14.5. The van der Waals surface area contributed by atoms with Crippen LogP contribution in [0.5, 0.6) is 0 Å². The van der Waals surface area contributed by atoms with Crippen molar-refractivity contribution >= 4 is 17.6 Å². The van der Waals surface area contributed by atoms with Crippen LogP contribution in [0, 0.1) is 19.7 Å². The average Bonchev–Trinajstić information content (AvgIpc) is 3.15. The van der Waals surface area contributed by atoms with Crippen LogP contribution in [0.4, 0.5) is 10.3 Å². The molecule has 1 N–H and O–H groups in total. The van der Waals surface area contributed by atoms with Crippen LogP contribution < -0.4 is 10.5 Å². The lowest BCUT2D eigenvalue weighted by atomic mass is 10.1. The summed E-state index contributed by atoms with van der Waals surface area (Å²) in [7, 11) is 0. The third kappa shape index (κ3) is 3.52. The molecule has 2 heterocycles. The molecule has 0 atom stereocenters. The highest BCUT2D eigenvalue weighted by Crippen LogP contribution is 2.18. The summed E-state index contributed by atoms with van der Waals surface area (Å²) in [4.78, 5) is 35.8. The van der Waals surface area contributed by atoms with Crippen molar-refractivity contribution in [1.29, 1.82) is 0 Å². The van der Waals surface area contributed by atoms with E-state index in [9.17, 15) is 14.0 Å². The minimum Gasteiger partial charge on any atom is -0.272 e. The Morgan fingerprint density at radius 3 is 2.45 bits per heavy atom. The monoisotopic (exact) mass is 391 g/mol. The molecule has 0 spiro atoms. The summed E-state index contributed by atoms with van der Waals surface area (Å²) in [6.07, 6.45) is 0. The molecule has 2 aromatic carbocycles. The third-order valence-electron chi connectivity index (χ3n) is 4.73. The molecule has 0 aliphatic heterocycles. The van der Waals surface area contributed by atoms with Gasteiger partial charge in [-0.25, -0.2) is 9.37 Å². The topological polar surface area (TPSA) is 83.4 Å². The van der Waals surface area contributed by atoms with Crippen molar-refractivity contribution in [3.8, 4) is 0 Å². The number of halogens is 1. The average molecular weight is 391 g/mol. The van der Waals surface area contributed by atoms with E-state index in [-0.39, 0.29) is 35.6 Å². The third-order valence-corrected chi connectivity index (χ3v) is 4.73. The summed E-state index contributed by atoms with van der Waals surface area (Å²) in [5.41, 5.74) is 1.97. The molecular formula is C21H18FN5O2. The Hall–Kier alpha value is -3.81. The van der Waals surface area contributed by atoms with Gasteiger partial charge in [0.15, 0.2) is 0 Å². The fraction of sp³-hybridized carbons (Fsp3) is 0.143. The molecule has 2 aromatic heterocycles. The van der Waals surface area contributed by atoms with Gasteiger partial charge in [-0.1, -0.05) is 30.3 Å². The van der Waals surface area contributed by atoms with Crippen molar-refractivity contribution in [3.05, 3.63) is 93.2 Å². The molecule has 0 saturated carbocycles. The first kappa shape index (κ1) is 18.5. The minimum atomic E-state index is -0.361. The van der Waals surface area contributed by atoms with E-state index >= 15 is 0 Å². The van der Waals surface area contributed by atoms with Gasteiger partial charge in [-0.05, 0) is 43.7 Å². The second-order valence-electron chi connectivity index (χ2n) is 6.69. The molecule has 29 heavy (non-hydrogen) atoms. The molecule has 0 fully saturated rings. The van der Waals surface area contributed by atoms with E-state index in [1.54, 1.807) is 50.2 Å². The van der Waals surface area contributed by atoms with Gasteiger partial charge in [0.25, 0.3) is 17.2 Å². The fourth-order valence-electron chi connectivity index (χ4n) is 2.97. The van der Waals surface area contributed by atoms with Crippen LogP contribution in [0.15, 0.2) is 59.4 Å². The summed E-state index contributed by atoms with van der Waals surface area (Å²) in [5, 5.41) is 2.88. The highest BCUT2D eigenvalue weighted by Gasteiger charge is 2.22. The molecule has 0 unspecified atom stereocenters. The number of hydrogen-bond donors (Lipinski definition) is 1. The van der Waals surface area contributed by atoms with Gasteiger partial charge in [0, 0.05) is 16.8 Å². The number of hydrogen-bond acceptors (Lipinski definition) is 4. The number of aromatic nitrogens is 4.